The van der Waals surface area contributed by atoms with E-state index in [1.54, 1.807) is 11.3 Å². The Hall–Kier alpha value is -0.870. The summed E-state index contributed by atoms with van der Waals surface area (Å²) in [6.45, 7) is 9.73. The van der Waals surface area contributed by atoms with Crippen molar-refractivity contribution in [1.82, 2.24) is 4.90 Å². The second-order valence-electron chi connectivity index (χ2n) is 6.01. The first kappa shape index (κ1) is 16.2. The summed E-state index contributed by atoms with van der Waals surface area (Å²) >= 11 is 1.76. The van der Waals surface area contributed by atoms with Crippen molar-refractivity contribution < 1.29 is 9.53 Å². The Balaban J connectivity index is 2.55. The molecule has 0 aliphatic heterocycles. The van der Waals surface area contributed by atoms with Gasteiger partial charge in [-0.25, -0.2) is 0 Å². The van der Waals surface area contributed by atoms with E-state index in [0.717, 1.165) is 6.42 Å². The summed E-state index contributed by atoms with van der Waals surface area (Å²) in [6, 6.07) is 4.27. The van der Waals surface area contributed by atoms with E-state index < -0.39 is 5.60 Å². The predicted octanol–water partition coefficient (Wildman–Crippen LogP) is 3.34. The van der Waals surface area contributed by atoms with Crippen LogP contribution in [0.25, 0.3) is 0 Å². The molecule has 1 rings (SSSR count). The smallest absolute Gasteiger partial charge is 0.323 e. The fourth-order valence-corrected chi connectivity index (χ4v) is 2.63. The van der Waals surface area contributed by atoms with Crippen molar-refractivity contribution in [2.75, 3.05) is 7.05 Å². The van der Waals surface area contributed by atoms with Gasteiger partial charge in [-0.05, 0) is 59.5 Å². The highest BCUT2D eigenvalue weighted by Gasteiger charge is 2.27. The lowest BCUT2D eigenvalue weighted by Crippen LogP contribution is -2.45. The highest BCUT2D eigenvalue weighted by Crippen LogP contribution is 2.16. The van der Waals surface area contributed by atoms with E-state index in [1.807, 2.05) is 34.7 Å². The number of likely N-dealkylation sites (N-methyl/N-ethyl adjacent to an activating group) is 1. The number of carbonyl (C=O) groups excluding carboxylic acids is 1. The zero-order valence-corrected chi connectivity index (χ0v) is 13.6. The lowest BCUT2D eigenvalue weighted by Gasteiger charge is -2.31. The van der Waals surface area contributed by atoms with Gasteiger partial charge in [0, 0.05) is 10.9 Å². The summed E-state index contributed by atoms with van der Waals surface area (Å²) in [5, 5.41) is 2.08. The molecule has 108 valence electrons. The van der Waals surface area contributed by atoms with Crippen molar-refractivity contribution >= 4 is 17.3 Å². The maximum absolute atomic E-state index is 12.0. The van der Waals surface area contributed by atoms with Gasteiger partial charge >= 0.3 is 5.97 Å². The van der Waals surface area contributed by atoms with Crippen LogP contribution in [0.4, 0.5) is 0 Å². The molecule has 0 aliphatic carbocycles. The summed E-state index contributed by atoms with van der Waals surface area (Å²) in [7, 11) is 1.98. The normalized spacial score (nSPS) is 15.3. The average molecular weight is 283 g/mol. The largest absolute Gasteiger partial charge is 0.459 e. The lowest BCUT2D eigenvalue weighted by molar-refractivity contribution is -0.161. The molecule has 0 N–H and O–H groups in total. The molecule has 0 aliphatic rings. The van der Waals surface area contributed by atoms with Crippen LogP contribution >= 0.6 is 11.3 Å². The van der Waals surface area contributed by atoms with Crippen LogP contribution in [0.3, 0.4) is 0 Å². The van der Waals surface area contributed by atoms with Gasteiger partial charge in [-0.2, -0.15) is 0 Å². The molecule has 0 saturated heterocycles. The first-order valence-electron chi connectivity index (χ1n) is 6.68. The molecule has 0 spiro atoms. The van der Waals surface area contributed by atoms with Crippen molar-refractivity contribution in [3.05, 3.63) is 22.4 Å². The number of hydrogen-bond acceptors (Lipinski definition) is 4. The van der Waals surface area contributed by atoms with E-state index in [4.69, 9.17) is 4.74 Å². The van der Waals surface area contributed by atoms with Crippen LogP contribution in [0.1, 0.15) is 39.5 Å². The maximum Gasteiger partial charge on any atom is 0.323 e. The molecular weight excluding hydrogens is 258 g/mol. The number of thiophene rings is 1. The molecule has 19 heavy (non-hydrogen) atoms. The van der Waals surface area contributed by atoms with Gasteiger partial charge in [0.05, 0.1) is 0 Å². The molecule has 2 unspecified atom stereocenters. The van der Waals surface area contributed by atoms with Gasteiger partial charge in [-0.15, -0.1) is 11.3 Å². The van der Waals surface area contributed by atoms with Gasteiger partial charge in [0.1, 0.15) is 11.6 Å². The summed E-state index contributed by atoms with van der Waals surface area (Å²) in [4.78, 5) is 15.5. The van der Waals surface area contributed by atoms with E-state index in [0.29, 0.717) is 6.04 Å². The summed E-state index contributed by atoms with van der Waals surface area (Å²) < 4.78 is 5.43. The highest BCUT2D eigenvalue weighted by atomic mass is 32.1. The minimum Gasteiger partial charge on any atom is -0.459 e. The number of rotatable bonds is 5. The van der Waals surface area contributed by atoms with Crippen molar-refractivity contribution in [2.24, 2.45) is 0 Å². The first-order chi connectivity index (χ1) is 8.70. The maximum atomic E-state index is 12.0. The molecule has 0 radical (unpaired) electrons. The van der Waals surface area contributed by atoms with Crippen LogP contribution in [0, 0.1) is 0 Å². The van der Waals surface area contributed by atoms with Crippen LogP contribution < -0.4 is 0 Å². The number of nitrogens with zero attached hydrogens (tertiary/aromatic N) is 1. The van der Waals surface area contributed by atoms with Gasteiger partial charge < -0.3 is 4.74 Å². The topological polar surface area (TPSA) is 29.5 Å². The monoisotopic (exact) mass is 283 g/mol. The molecule has 0 fully saturated rings. The zero-order chi connectivity index (χ0) is 14.6. The van der Waals surface area contributed by atoms with E-state index >= 15 is 0 Å². The molecule has 0 saturated carbocycles. The average Bonchev–Trinajstić information content (AvgIpc) is 2.77. The van der Waals surface area contributed by atoms with Gasteiger partial charge in [0.25, 0.3) is 0 Å². The molecule has 1 aromatic heterocycles. The summed E-state index contributed by atoms with van der Waals surface area (Å²) in [5.41, 5.74) is -0.427. The Labute approximate surface area is 120 Å². The number of esters is 1. The fraction of sp³-hybridized carbons (Fsp3) is 0.667. The Bertz CT molecular complexity index is 395. The minimum absolute atomic E-state index is 0.159. The van der Waals surface area contributed by atoms with Gasteiger partial charge in [0.15, 0.2) is 0 Å². The lowest BCUT2D eigenvalue weighted by atomic mass is 10.1. The molecule has 2 atom stereocenters. The van der Waals surface area contributed by atoms with E-state index in [9.17, 15) is 4.79 Å². The third-order valence-corrected chi connectivity index (χ3v) is 4.03. The van der Waals surface area contributed by atoms with E-state index in [-0.39, 0.29) is 12.0 Å². The van der Waals surface area contributed by atoms with Crippen molar-refractivity contribution in [1.29, 1.82) is 0 Å². The first-order valence-corrected chi connectivity index (χ1v) is 7.56. The Morgan fingerprint density at radius 2 is 2.05 bits per heavy atom. The van der Waals surface area contributed by atoms with Crippen LogP contribution in [0.5, 0.6) is 0 Å². The molecule has 1 heterocycles. The van der Waals surface area contributed by atoms with Gasteiger partial charge in [0.2, 0.25) is 0 Å². The Kier molecular flexibility index (Phi) is 5.56. The SMILES string of the molecule is CC(Cc1cccs1)N(C)C(C)C(=O)OC(C)(C)C. The van der Waals surface area contributed by atoms with Crippen LogP contribution in [-0.2, 0) is 16.0 Å². The Morgan fingerprint density at radius 3 is 2.53 bits per heavy atom. The molecule has 3 nitrogen and oxygen atoms in total. The van der Waals surface area contributed by atoms with Gasteiger partial charge in [-0.1, -0.05) is 6.07 Å². The third-order valence-electron chi connectivity index (χ3n) is 3.13. The zero-order valence-electron chi connectivity index (χ0n) is 12.8. The number of hydrogen-bond donors (Lipinski definition) is 0. The third kappa shape index (κ3) is 5.33. The second-order valence-corrected chi connectivity index (χ2v) is 7.04. The van der Waals surface area contributed by atoms with Gasteiger partial charge in [-0.3, -0.25) is 9.69 Å². The number of carbonyl (C=O) groups is 1. The Morgan fingerprint density at radius 1 is 1.42 bits per heavy atom. The molecular formula is C15H25NO2S. The fourth-order valence-electron chi connectivity index (χ4n) is 1.80. The molecule has 4 heteroatoms. The summed E-state index contributed by atoms with van der Waals surface area (Å²) in [5.74, 6) is -0.159. The van der Waals surface area contributed by atoms with Crippen molar-refractivity contribution in [3.63, 3.8) is 0 Å². The molecule has 1 aromatic rings. The molecule has 0 aromatic carbocycles. The molecule has 0 bridgehead atoms. The van der Waals surface area contributed by atoms with Crippen molar-refractivity contribution in [2.45, 2.75) is 58.7 Å². The summed E-state index contributed by atoms with van der Waals surface area (Å²) in [6.07, 6.45) is 0.960. The highest BCUT2D eigenvalue weighted by molar-refractivity contribution is 7.09. The van der Waals surface area contributed by atoms with E-state index in [2.05, 4.69) is 29.3 Å². The van der Waals surface area contributed by atoms with Crippen molar-refractivity contribution in [3.8, 4) is 0 Å². The van der Waals surface area contributed by atoms with Crippen LogP contribution in [0.2, 0.25) is 0 Å². The van der Waals surface area contributed by atoms with Crippen LogP contribution in [0.15, 0.2) is 17.5 Å². The minimum atomic E-state index is -0.427. The second kappa shape index (κ2) is 6.53. The standard InChI is InChI=1S/C15H25NO2S/c1-11(10-13-8-7-9-19-13)16(6)12(2)14(17)18-15(3,4)5/h7-9,11-12H,10H2,1-6H3. The quantitative estimate of drug-likeness (QED) is 0.776. The number of ether oxygens (including phenoxy) is 1. The van der Waals surface area contributed by atoms with E-state index in [1.165, 1.54) is 4.88 Å². The van der Waals surface area contributed by atoms with Crippen LogP contribution in [-0.4, -0.2) is 35.6 Å². The molecule has 0 amide bonds. The predicted molar refractivity (Wildman–Crippen MR) is 80.6 cm³/mol.